The second-order valence-electron chi connectivity index (χ2n) is 6.22. The van der Waals surface area contributed by atoms with E-state index in [0.717, 1.165) is 34.1 Å². The molecule has 0 radical (unpaired) electrons. The van der Waals surface area contributed by atoms with Crippen molar-refractivity contribution >= 4 is 33.4 Å². The molecule has 0 saturated carbocycles. The summed E-state index contributed by atoms with van der Waals surface area (Å²) >= 11 is 3.51. The van der Waals surface area contributed by atoms with Gasteiger partial charge in [0, 0.05) is 22.1 Å². The average Bonchev–Trinajstić information content (AvgIpc) is 2.76. The van der Waals surface area contributed by atoms with Crippen molar-refractivity contribution in [3.8, 4) is 0 Å². The molecular weight excluding hydrogens is 380 g/mol. The minimum absolute atomic E-state index is 0.0127. The minimum atomic E-state index is -0.281. The largest absolute Gasteiger partial charge is 0.324 e. The van der Waals surface area contributed by atoms with Gasteiger partial charge in [0.05, 0.1) is 6.04 Å². The van der Waals surface area contributed by atoms with E-state index in [4.69, 9.17) is 0 Å². The van der Waals surface area contributed by atoms with Gasteiger partial charge in [-0.05, 0) is 30.2 Å². The summed E-state index contributed by atoms with van der Waals surface area (Å²) in [5.74, 6) is -0.148. The Morgan fingerprint density at radius 2 is 2.00 bits per heavy atom. The summed E-state index contributed by atoms with van der Waals surface area (Å²) in [7, 11) is 0. The van der Waals surface area contributed by atoms with Crippen molar-refractivity contribution in [2.24, 2.45) is 0 Å². The van der Waals surface area contributed by atoms with E-state index < -0.39 is 0 Å². The fraction of sp³-hybridized carbons (Fsp3) is 0.300. The summed E-state index contributed by atoms with van der Waals surface area (Å²) in [6.07, 6.45) is 2.23. The van der Waals surface area contributed by atoms with Gasteiger partial charge in [0.2, 0.25) is 11.8 Å². The number of nitrogens with zero attached hydrogens (tertiary/aromatic N) is 1. The number of carbonyl (C=O) groups is 2. The lowest BCUT2D eigenvalue weighted by Crippen LogP contribution is -2.38. The van der Waals surface area contributed by atoms with Crippen molar-refractivity contribution < 1.29 is 9.59 Å². The number of nitrogens with one attached hydrogen (secondary N) is 1. The number of hydrogen-bond acceptors (Lipinski definition) is 2. The van der Waals surface area contributed by atoms with Crippen LogP contribution in [0.15, 0.2) is 53.0 Å². The molecule has 1 atom stereocenters. The molecule has 0 fully saturated rings. The first-order valence-electron chi connectivity index (χ1n) is 8.54. The maximum absolute atomic E-state index is 12.9. The van der Waals surface area contributed by atoms with Gasteiger partial charge >= 0.3 is 0 Å². The number of rotatable bonds is 4. The number of benzene rings is 2. The Hall–Kier alpha value is -2.14. The van der Waals surface area contributed by atoms with E-state index >= 15 is 0 Å². The molecule has 4 nitrogen and oxygen atoms in total. The molecule has 2 aromatic carbocycles. The predicted molar refractivity (Wildman–Crippen MR) is 102 cm³/mol. The van der Waals surface area contributed by atoms with Crippen LogP contribution < -0.4 is 5.32 Å². The molecule has 2 aromatic rings. The van der Waals surface area contributed by atoms with Crippen molar-refractivity contribution in [1.29, 1.82) is 0 Å². The molecule has 0 saturated heterocycles. The lowest BCUT2D eigenvalue weighted by atomic mass is 9.95. The van der Waals surface area contributed by atoms with Gasteiger partial charge in [0.1, 0.15) is 6.54 Å². The maximum atomic E-state index is 12.9. The third-order valence-electron chi connectivity index (χ3n) is 4.39. The van der Waals surface area contributed by atoms with Crippen LogP contribution in [0.4, 0.5) is 5.69 Å². The zero-order valence-corrected chi connectivity index (χ0v) is 15.8. The predicted octanol–water partition coefficient (Wildman–Crippen LogP) is 4.51. The van der Waals surface area contributed by atoms with Crippen molar-refractivity contribution in [2.45, 2.75) is 32.2 Å². The first-order valence-corrected chi connectivity index (χ1v) is 9.33. The molecule has 1 aliphatic rings. The van der Waals surface area contributed by atoms with Gasteiger partial charge in [-0.3, -0.25) is 9.59 Å². The van der Waals surface area contributed by atoms with Gasteiger partial charge < -0.3 is 10.2 Å². The van der Waals surface area contributed by atoms with Gasteiger partial charge in [0.15, 0.2) is 0 Å². The Bertz CT molecular complexity index is 777. The monoisotopic (exact) mass is 400 g/mol. The Morgan fingerprint density at radius 1 is 1.24 bits per heavy atom. The van der Waals surface area contributed by atoms with E-state index in [-0.39, 0.29) is 24.4 Å². The summed E-state index contributed by atoms with van der Waals surface area (Å²) < 4.78 is 0.921. The Labute approximate surface area is 156 Å². The van der Waals surface area contributed by atoms with Crippen LogP contribution in [0, 0.1) is 0 Å². The highest BCUT2D eigenvalue weighted by Crippen LogP contribution is 2.37. The lowest BCUT2D eigenvalue weighted by molar-refractivity contribution is -0.136. The number of unbranched alkanes of at least 4 members (excludes halogenated alkanes) is 1. The first-order chi connectivity index (χ1) is 12.1. The highest BCUT2D eigenvalue weighted by Gasteiger charge is 2.33. The summed E-state index contributed by atoms with van der Waals surface area (Å²) in [6, 6.07) is 15.4. The number of carbonyl (C=O) groups excluding carboxylic acids is 2. The molecule has 0 aromatic heterocycles. The highest BCUT2D eigenvalue weighted by molar-refractivity contribution is 9.10. The van der Waals surface area contributed by atoms with E-state index in [1.54, 1.807) is 4.90 Å². The SMILES string of the molecule is CCCCC(=O)N1CC(=O)Nc2ccc(Br)cc2[C@@H]1c1ccccc1. The first kappa shape index (κ1) is 17.7. The topological polar surface area (TPSA) is 49.4 Å². The third kappa shape index (κ3) is 3.93. The van der Waals surface area contributed by atoms with Gasteiger partial charge in [-0.25, -0.2) is 0 Å². The van der Waals surface area contributed by atoms with Gasteiger partial charge in [-0.15, -0.1) is 0 Å². The lowest BCUT2D eigenvalue weighted by Gasteiger charge is -2.30. The number of hydrogen-bond donors (Lipinski definition) is 1. The van der Waals surface area contributed by atoms with Crippen LogP contribution in [-0.2, 0) is 9.59 Å². The van der Waals surface area contributed by atoms with Crippen molar-refractivity contribution in [3.63, 3.8) is 0 Å². The summed E-state index contributed by atoms with van der Waals surface area (Å²) in [5, 5.41) is 2.94. The summed E-state index contributed by atoms with van der Waals surface area (Å²) in [5.41, 5.74) is 2.69. The minimum Gasteiger partial charge on any atom is -0.324 e. The number of fused-ring (bicyclic) bond motifs is 1. The van der Waals surface area contributed by atoms with Crippen LogP contribution in [-0.4, -0.2) is 23.3 Å². The molecule has 2 amide bonds. The van der Waals surface area contributed by atoms with Crippen molar-refractivity contribution in [1.82, 2.24) is 4.90 Å². The molecule has 1 aliphatic heterocycles. The fourth-order valence-electron chi connectivity index (χ4n) is 3.18. The third-order valence-corrected chi connectivity index (χ3v) is 4.88. The molecule has 5 heteroatoms. The molecule has 130 valence electrons. The van der Waals surface area contributed by atoms with Gasteiger partial charge in [-0.1, -0.05) is 59.6 Å². The number of anilines is 1. The van der Waals surface area contributed by atoms with E-state index in [1.165, 1.54) is 0 Å². The molecule has 3 rings (SSSR count). The average molecular weight is 401 g/mol. The van der Waals surface area contributed by atoms with E-state index in [1.807, 2.05) is 48.5 Å². The van der Waals surface area contributed by atoms with E-state index in [2.05, 4.69) is 28.2 Å². The Kier molecular flexibility index (Phi) is 5.53. The van der Waals surface area contributed by atoms with E-state index in [0.29, 0.717) is 6.42 Å². The quantitative estimate of drug-likeness (QED) is 0.820. The maximum Gasteiger partial charge on any atom is 0.244 e. The van der Waals surface area contributed by atoms with Crippen LogP contribution >= 0.6 is 15.9 Å². The van der Waals surface area contributed by atoms with Gasteiger partial charge in [0.25, 0.3) is 0 Å². The van der Waals surface area contributed by atoms with Gasteiger partial charge in [-0.2, -0.15) is 0 Å². The molecular formula is C20H21BrN2O2. The van der Waals surface area contributed by atoms with Crippen molar-refractivity contribution in [2.75, 3.05) is 11.9 Å². The van der Waals surface area contributed by atoms with Crippen LogP contribution in [0.3, 0.4) is 0 Å². The number of halogens is 1. The van der Waals surface area contributed by atoms with Crippen LogP contribution in [0.25, 0.3) is 0 Å². The number of amides is 2. The molecule has 25 heavy (non-hydrogen) atoms. The molecule has 1 heterocycles. The molecule has 0 spiro atoms. The van der Waals surface area contributed by atoms with Crippen molar-refractivity contribution in [3.05, 3.63) is 64.1 Å². The summed E-state index contributed by atoms with van der Waals surface area (Å²) in [4.78, 5) is 27.0. The fourth-order valence-corrected chi connectivity index (χ4v) is 3.55. The zero-order valence-electron chi connectivity index (χ0n) is 14.2. The van der Waals surface area contributed by atoms with Crippen LogP contribution in [0.5, 0.6) is 0 Å². The standard InChI is InChI=1S/C20H21BrN2O2/c1-2-3-9-19(25)23-13-18(24)22-17-11-10-15(21)12-16(17)20(23)14-7-5-4-6-8-14/h4-8,10-12,20H,2-3,9,13H2,1H3,(H,22,24)/t20-/m0/s1. The smallest absolute Gasteiger partial charge is 0.244 e. The second-order valence-corrected chi connectivity index (χ2v) is 7.13. The van der Waals surface area contributed by atoms with Crippen LogP contribution in [0.1, 0.15) is 43.4 Å². The molecule has 1 N–H and O–H groups in total. The zero-order chi connectivity index (χ0) is 17.8. The van der Waals surface area contributed by atoms with Crippen LogP contribution in [0.2, 0.25) is 0 Å². The molecule has 0 aliphatic carbocycles. The Morgan fingerprint density at radius 3 is 2.72 bits per heavy atom. The molecule has 0 bridgehead atoms. The normalized spacial score (nSPS) is 16.8. The Balaban J connectivity index is 2.12. The highest BCUT2D eigenvalue weighted by atomic mass is 79.9. The van der Waals surface area contributed by atoms with E-state index in [9.17, 15) is 9.59 Å². The second kappa shape index (κ2) is 7.83. The molecule has 0 unspecified atom stereocenters. The summed E-state index contributed by atoms with van der Waals surface area (Å²) in [6.45, 7) is 2.12.